The topological polar surface area (TPSA) is 114 Å². The van der Waals surface area contributed by atoms with Gasteiger partial charge in [0, 0.05) is 23.8 Å². The fourth-order valence-electron chi connectivity index (χ4n) is 2.97. The first-order valence-electron chi connectivity index (χ1n) is 8.11. The van der Waals surface area contributed by atoms with Crippen LogP contribution < -0.4 is 11.2 Å². The second-order valence-electron chi connectivity index (χ2n) is 6.10. The molecule has 1 aromatic carbocycles. The molecule has 2 aromatic rings. The van der Waals surface area contributed by atoms with E-state index >= 15 is 0 Å². The first kappa shape index (κ1) is 18.8. The summed E-state index contributed by atoms with van der Waals surface area (Å²) >= 11 is 5.93. The molecule has 1 aromatic heterocycles. The van der Waals surface area contributed by atoms with Gasteiger partial charge in [-0.25, -0.2) is 4.79 Å². The molecule has 3 rings (SSSR count). The molecule has 9 heteroatoms. The number of hydrogen-bond donors (Lipinski definition) is 3. The summed E-state index contributed by atoms with van der Waals surface area (Å²) in [6.45, 7) is -0.383. The first-order chi connectivity index (χ1) is 12.4. The number of halogens is 1. The maximum atomic E-state index is 12.7. The van der Waals surface area contributed by atoms with Gasteiger partial charge in [0.2, 0.25) is 0 Å². The second-order valence-corrected chi connectivity index (χ2v) is 6.54. The zero-order valence-electron chi connectivity index (χ0n) is 13.7. The molecule has 26 heavy (non-hydrogen) atoms. The Labute approximate surface area is 153 Å². The summed E-state index contributed by atoms with van der Waals surface area (Å²) in [5.41, 5.74) is -0.290. The van der Waals surface area contributed by atoms with E-state index in [1.807, 2.05) is 6.07 Å². The highest BCUT2D eigenvalue weighted by Gasteiger charge is 2.43. The highest BCUT2D eigenvalue weighted by molar-refractivity contribution is 6.30. The number of hydrogen-bond acceptors (Lipinski definition) is 6. The van der Waals surface area contributed by atoms with Crippen molar-refractivity contribution >= 4 is 11.6 Å². The zero-order valence-corrected chi connectivity index (χ0v) is 14.5. The van der Waals surface area contributed by atoms with Crippen LogP contribution in [0.2, 0.25) is 5.02 Å². The number of ether oxygens (including phenoxy) is 1. The van der Waals surface area contributed by atoms with Crippen molar-refractivity contribution in [3.05, 3.63) is 68.0 Å². The largest absolute Gasteiger partial charge is 0.394 e. The van der Waals surface area contributed by atoms with Crippen LogP contribution in [0.5, 0.6) is 0 Å². The van der Waals surface area contributed by atoms with Crippen molar-refractivity contribution in [3.8, 4) is 0 Å². The standard InChI is InChI=1S/C17H19ClN2O6/c18-11-3-1-2-10(8-11)4-6-19-13(22)5-7-20(17(19)25)16-15(24)14(23)12(9-21)26-16/h1-3,5,7-8,12,14-16,21,23-24H,4,6,9H2/t12-,14+,15+,16-/m1/s1. The minimum Gasteiger partial charge on any atom is -0.394 e. The number of aliphatic hydroxyl groups excluding tert-OH is 3. The van der Waals surface area contributed by atoms with Crippen LogP contribution in [0.4, 0.5) is 0 Å². The van der Waals surface area contributed by atoms with E-state index < -0.39 is 42.4 Å². The van der Waals surface area contributed by atoms with Crippen molar-refractivity contribution in [1.82, 2.24) is 9.13 Å². The highest BCUT2D eigenvalue weighted by atomic mass is 35.5. The summed E-state index contributed by atoms with van der Waals surface area (Å²) in [5.74, 6) is 0. The molecular weight excluding hydrogens is 364 g/mol. The van der Waals surface area contributed by atoms with Crippen LogP contribution in [0.25, 0.3) is 0 Å². The van der Waals surface area contributed by atoms with Crippen molar-refractivity contribution in [1.29, 1.82) is 0 Å². The van der Waals surface area contributed by atoms with Crippen LogP contribution in [0.15, 0.2) is 46.1 Å². The summed E-state index contributed by atoms with van der Waals surface area (Å²) < 4.78 is 7.42. The number of nitrogens with zero attached hydrogens (tertiary/aromatic N) is 2. The Balaban J connectivity index is 1.87. The third kappa shape index (κ3) is 3.60. The lowest BCUT2D eigenvalue weighted by Crippen LogP contribution is -2.43. The molecule has 4 atom stereocenters. The quantitative estimate of drug-likeness (QED) is 0.643. The maximum absolute atomic E-state index is 12.7. The number of benzene rings is 1. The van der Waals surface area contributed by atoms with Crippen molar-refractivity contribution in [2.75, 3.05) is 6.61 Å². The van der Waals surface area contributed by atoms with Gasteiger partial charge in [-0.3, -0.25) is 13.9 Å². The van der Waals surface area contributed by atoms with Crippen LogP contribution in [0.3, 0.4) is 0 Å². The minimum absolute atomic E-state index is 0.119. The molecule has 1 fully saturated rings. The summed E-state index contributed by atoms with van der Waals surface area (Å²) in [6.07, 6.45) is -3.30. The van der Waals surface area contributed by atoms with E-state index in [0.717, 1.165) is 14.7 Å². The molecule has 1 aliphatic heterocycles. The Bertz CT molecular complexity index is 895. The molecule has 3 N–H and O–H groups in total. The Kier molecular flexibility index (Phi) is 5.59. The number of aromatic nitrogens is 2. The average Bonchev–Trinajstić information content (AvgIpc) is 2.90. The Hall–Kier alpha value is -1.97. The molecule has 0 radical (unpaired) electrons. The van der Waals surface area contributed by atoms with E-state index in [9.17, 15) is 24.9 Å². The van der Waals surface area contributed by atoms with Gasteiger partial charge in [0.1, 0.15) is 18.3 Å². The molecule has 1 aliphatic rings. The molecule has 0 saturated carbocycles. The molecular formula is C17H19ClN2O6. The third-order valence-electron chi connectivity index (χ3n) is 4.40. The number of aliphatic hydroxyl groups is 3. The lowest BCUT2D eigenvalue weighted by molar-refractivity contribution is -0.0556. The predicted octanol–water partition coefficient (Wildman–Crippen LogP) is -0.482. The lowest BCUT2D eigenvalue weighted by Gasteiger charge is -2.18. The molecule has 0 bridgehead atoms. The molecule has 0 amide bonds. The SMILES string of the molecule is O=c1ccn([C@@H]2O[C@H](CO)[C@H](O)[C@@H]2O)c(=O)n1CCc1cccc(Cl)c1. The summed E-state index contributed by atoms with van der Waals surface area (Å²) in [5, 5.41) is 29.7. The van der Waals surface area contributed by atoms with Gasteiger partial charge in [-0.05, 0) is 24.1 Å². The monoisotopic (exact) mass is 382 g/mol. The molecule has 0 unspecified atom stereocenters. The molecule has 1 saturated heterocycles. The Morgan fingerprint density at radius 1 is 1.15 bits per heavy atom. The van der Waals surface area contributed by atoms with Crippen molar-refractivity contribution in [2.45, 2.75) is 37.5 Å². The first-order valence-corrected chi connectivity index (χ1v) is 8.49. The van der Waals surface area contributed by atoms with Crippen molar-refractivity contribution < 1.29 is 20.1 Å². The number of aryl methyl sites for hydroxylation is 1. The Morgan fingerprint density at radius 2 is 1.92 bits per heavy atom. The normalized spacial score (nSPS) is 25.5. The van der Waals surface area contributed by atoms with Crippen LogP contribution in [0, 0.1) is 0 Å². The zero-order chi connectivity index (χ0) is 18.8. The predicted molar refractivity (Wildman–Crippen MR) is 93.1 cm³/mol. The summed E-state index contributed by atoms with van der Waals surface area (Å²) in [4.78, 5) is 24.8. The summed E-state index contributed by atoms with van der Waals surface area (Å²) in [7, 11) is 0. The van der Waals surface area contributed by atoms with E-state index in [0.29, 0.717) is 11.4 Å². The molecule has 140 valence electrons. The molecule has 0 aliphatic carbocycles. The minimum atomic E-state index is -1.40. The summed E-state index contributed by atoms with van der Waals surface area (Å²) in [6, 6.07) is 8.29. The smallest absolute Gasteiger partial charge is 0.333 e. The fraction of sp³-hybridized carbons (Fsp3) is 0.412. The van der Waals surface area contributed by atoms with Gasteiger partial charge in [-0.15, -0.1) is 0 Å². The van der Waals surface area contributed by atoms with E-state index in [1.165, 1.54) is 12.3 Å². The molecule has 0 spiro atoms. The highest BCUT2D eigenvalue weighted by Crippen LogP contribution is 2.27. The van der Waals surface area contributed by atoms with Gasteiger partial charge in [0.15, 0.2) is 6.23 Å². The van der Waals surface area contributed by atoms with Gasteiger partial charge in [-0.2, -0.15) is 0 Å². The maximum Gasteiger partial charge on any atom is 0.333 e. The Morgan fingerprint density at radius 3 is 2.58 bits per heavy atom. The van der Waals surface area contributed by atoms with E-state index in [1.54, 1.807) is 18.2 Å². The van der Waals surface area contributed by atoms with Crippen molar-refractivity contribution in [2.24, 2.45) is 0 Å². The lowest BCUT2D eigenvalue weighted by atomic mass is 10.1. The molecule has 2 heterocycles. The van der Waals surface area contributed by atoms with Crippen LogP contribution in [0.1, 0.15) is 11.8 Å². The third-order valence-corrected chi connectivity index (χ3v) is 4.64. The van der Waals surface area contributed by atoms with E-state index in [2.05, 4.69) is 0 Å². The van der Waals surface area contributed by atoms with E-state index in [-0.39, 0.29) is 6.54 Å². The molecule has 8 nitrogen and oxygen atoms in total. The van der Waals surface area contributed by atoms with Gasteiger partial charge in [0.05, 0.1) is 6.61 Å². The van der Waals surface area contributed by atoms with Gasteiger partial charge < -0.3 is 20.1 Å². The average molecular weight is 383 g/mol. The van der Waals surface area contributed by atoms with Gasteiger partial charge >= 0.3 is 5.69 Å². The van der Waals surface area contributed by atoms with Gasteiger partial charge in [-0.1, -0.05) is 23.7 Å². The fourth-order valence-corrected chi connectivity index (χ4v) is 3.19. The number of rotatable bonds is 5. The van der Waals surface area contributed by atoms with Gasteiger partial charge in [0.25, 0.3) is 5.56 Å². The van der Waals surface area contributed by atoms with E-state index in [4.69, 9.17) is 16.3 Å². The second kappa shape index (κ2) is 7.73. The van der Waals surface area contributed by atoms with Crippen LogP contribution in [-0.2, 0) is 17.7 Å². The van der Waals surface area contributed by atoms with Crippen LogP contribution >= 0.6 is 11.6 Å². The van der Waals surface area contributed by atoms with Crippen LogP contribution in [-0.4, -0.2) is 49.4 Å². The van der Waals surface area contributed by atoms with Crippen molar-refractivity contribution in [3.63, 3.8) is 0 Å².